The monoisotopic (exact) mass is 442 g/mol. The van der Waals surface area contributed by atoms with Gasteiger partial charge in [-0.2, -0.15) is 0 Å². The number of methoxy groups -OCH3 is 1. The summed E-state index contributed by atoms with van der Waals surface area (Å²) in [6, 6.07) is 9.94. The number of halogens is 3. The first-order valence-corrected chi connectivity index (χ1v) is 10.1. The Morgan fingerprint density at radius 1 is 1.32 bits per heavy atom. The second-order valence-electron chi connectivity index (χ2n) is 6.50. The lowest BCUT2D eigenvalue weighted by Crippen LogP contribution is -2.39. The fourth-order valence-electron chi connectivity index (χ4n) is 3.07. The van der Waals surface area contributed by atoms with E-state index >= 15 is 0 Å². The van der Waals surface area contributed by atoms with Gasteiger partial charge in [-0.15, -0.1) is 0 Å². The van der Waals surface area contributed by atoms with Gasteiger partial charge in [0, 0.05) is 42.0 Å². The lowest BCUT2D eigenvalue weighted by Gasteiger charge is -2.29. The highest BCUT2D eigenvalue weighted by molar-refractivity contribution is 7.80. The van der Waals surface area contributed by atoms with Crippen LogP contribution in [0.15, 0.2) is 36.4 Å². The van der Waals surface area contributed by atoms with Gasteiger partial charge in [0.15, 0.2) is 5.11 Å². The smallest absolute Gasteiger partial charge is 0.173 e. The Labute approximate surface area is 179 Å². The van der Waals surface area contributed by atoms with Gasteiger partial charge in [-0.25, -0.2) is 4.39 Å². The van der Waals surface area contributed by atoms with Crippen LogP contribution in [0, 0.1) is 5.82 Å². The van der Waals surface area contributed by atoms with Gasteiger partial charge >= 0.3 is 0 Å². The Bertz CT molecular complexity index is 827. The number of thiocarbonyl (C=S) groups is 1. The molecule has 8 heteroatoms. The van der Waals surface area contributed by atoms with Crippen LogP contribution >= 0.6 is 35.4 Å². The molecule has 3 rings (SSSR count). The van der Waals surface area contributed by atoms with E-state index in [0.717, 1.165) is 25.1 Å². The first-order valence-electron chi connectivity index (χ1n) is 8.92. The van der Waals surface area contributed by atoms with Crippen LogP contribution in [0.5, 0.6) is 5.75 Å². The quantitative estimate of drug-likeness (QED) is 0.595. The fraction of sp³-hybridized carbons (Fsp3) is 0.350. The van der Waals surface area contributed by atoms with Crippen molar-refractivity contribution >= 4 is 46.2 Å². The molecule has 1 atom stereocenters. The molecule has 2 aromatic rings. The summed E-state index contributed by atoms with van der Waals surface area (Å²) in [5, 5.41) is 4.49. The van der Waals surface area contributed by atoms with Gasteiger partial charge < -0.3 is 19.7 Å². The van der Waals surface area contributed by atoms with Crippen molar-refractivity contribution < 1.29 is 13.9 Å². The zero-order chi connectivity index (χ0) is 20.1. The summed E-state index contributed by atoms with van der Waals surface area (Å²) < 4.78 is 25.3. The van der Waals surface area contributed by atoms with Crippen LogP contribution in [0.2, 0.25) is 10.0 Å². The molecule has 4 nitrogen and oxygen atoms in total. The van der Waals surface area contributed by atoms with E-state index in [9.17, 15) is 4.39 Å². The number of nitrogens with zero attached hydrogens (tertiary/aromatic N) is 1. The third-order valence-corrected chi connectivity index (χ3v) is 5.57. The summed E-state index contributed by atoms with van der Waals surface area (Å²) in [5.41, 5.74) is 1.13. The average molecular weight is 443 g/mol. The van der Waals surface area contributed by atoms with E-state index in [1.165, 1.54) is 6.07 Å². The second kappa shape index (κ2) is 9.74. The minimum absolute atomic E-state index is 0.0463. The summed E-state index contributed by atoms with van der Waals surface area (Å²) >= 11 is 17.9. The zero-order valence-electron chi connectivity index (χ0n) is 15.4. The molecule has 1 fully saturated rings. The molecule has 2 aromatic carbocycles. The molecule has 0 spiro atoms. The molecule has 0 saturated carbocycles. The molecule has 0 bridgehead atoms. The Kier molecular flexibility index (Phi) is 7.35. The summed E-state index contributed by atoms with van der Waals surface area (Å²) in [4.78, 5) is 1.87. The van der Waals surface area contributed by atoms with Crippen LogP contribution < -0.4 is 10.1 Å². The molecule has 0 aromatic heterocycles. The van der Waals surface area contributed by atoms with Crippen molar-refractivity contribution in [3.63, 3.8) is 0 Å². The van der Waals surface area contributed by atoms with Crippen molar-refractivity contribution in [1.29, 1.82) is 0 Å². The number of nitrogens with one attached hydrogen (secondary N) is 1. The predicted molar refractivity (Wildman–Crippen MR) is 115 cm³/mol. The molecule has 0 amide bonds. The van der Waals surface area contributed by atoms with E-state index in [-0.39, 0.29) is 18.5 Å². The van der Waals surface area contributed by atoms with E-state index in [4.69, 9.17) is 44.9 Å². The van der Waals surface area contributed by atoms with Crippen LogP contribution in [0.4, 0.5) is 10.1 Å². The molecule has 28 heavy (non-hydrogen) atoms. The summed E-state index contributed by atoms with van der Waals surface area (Å²) in [5.74, 6) is 0.179. The lowest BCUT2D eigenvalue weighted by atomic mass is 10.1. The predicted octanol–water partition coefficient (Wildman–Crippen LogP) is 5.52. The van der Waals surface area contributed by atoms with Crippen molar-refractivity contribution in [2.24, 2.45) is 0 Å². The molecule has 1 aliphatic rings. The minimum atomic E-state index is -0.360. The van der Waals surface area contributed by atoms with E-state index in [2.05, 4.69) is 5.32 Å². The SMILES string of the molecule is COc1cc(NC(=S)N(Cc2c(F)cccc2Cl)C[C@H]2CCCO2)ccc1Cl. The van der Waals surface area contributed by atoms with E-state index in [1.807, 2.05) is 4.90 Å². The molecule has 1 heterocycles. The Morgan fingerprint density at radius 3 is 2.82 bits per heavy atom. The highest BCUT2D eigenvalue weighted by Gasteiger charge is 2.23. The number of benzene rings is 2. The van der Waals surface area contributed by atoms with E-state index < -0.39 is 0 Å². The van der Waals surface area contributed by atoms with E-state index in [0.29, 0.717) is 33.0 Å². The summed E-state index contributed by atoms with van der Waals surface area (Å²) in [7, 11) is 1.55. The number of hydrogen-bond acceptors (Lipinski definition) is 3. The Morgan fingerprint density at radius 2 is 2.14 bits per heavy atom. The van der Waals surface area contributed by atoms with Crippen LogP contribution in [-0.2, 0) is 11.3 Å². The first kappa shape index (κ1) is 21.1. The molecule has 1 N–H and O–H groups in total. The molecule has 0 unspecified atom stereocenters. The van der Waals surface area contributed by atoms with Crippen molar-refractivity contribution in [1.82, 2.24) is 4.90 Å². The summed E-state index contributed by atoms with van der Waals surface area (Å²) in [6.45, 7) is 1.51. The van der Waals surface area contributed by atoms with Crippen molar-refractivity contribution in [3.8, 4) is 5.75 Å². The molecule has 150 valence electrons. The topological polar surface area (TPSA) is 33.7 Å². The highest BCUT2D eigenvalue weighted by Crippen LogP contribution is 2.28. The van der Waals surface area contributed by atoms with Gasteiger partial charge in [-0.05, 0) is 49.3 Å². The maximum Gasteiger partial charge on any atom is 0.173 e. The summed E-state index contributed by atoms with van der Waals surface area (Å²) in [6.07, 6.45) is 2.00. The Hall–Kier alpha value is -1.60. The van der Waals surface area contributed by atoms with Crippen molar-refractivity contribution in [3.05, 3.63) is 57.8 Å². The zero-order valence-corrected chi connectivity index (χ0v) is 17.7. The van der Waals surface area contributed by atoms with Gasteiger partial charge in [0.1, 0.15) is 11.6 Å². The lowest BCUT2D eigenvalue weighted by molar-refractivity contribution is 0.0903. The van der Waals surface area contributed by atoms with Gasteiger partial charge in [0.2, 0.25) is 0 Å². The maximum absolute atomic E-state index is 14.3. The molecule has 1 aliphatic heterocycles. The normalized spacial score (nSPS) is 16.1. The standard InChI is InChI=1S/C20H21Cl2FN2O2S/c1-26-19-10-13(7-8-17(19)22)24-20(28)25(11-14-4-3-9-27-14)12-15-16(21)5-2-6-18(15)23/h2,5-8,10,14H,3-4,9,11-12H2,1H3,(H,24,28)/t14-/m1/s1. The number of anilines is 1. The molecule has 1 saturated heterocycles. The molecule has 0 radical (unpaired) electrons. The van der Waals surface area contributed by atoms with Gasteiger partial charge in [-0.3, -0.25) is 0 Å². The first-order chi connectivity index (χ1) is 13.5. The number of hydrogen-bond donors (Lipinski definition) is 1. The fourth-order valence-corrected chi connectivity index (χ4v) is 3.74. The van der Waals surface area contributed by atoms with Crippen LogP contribution in [0.25, 0.3) is 0 Å². The molecule has 0 aliphatic carbocycles. The van der Waals surface area contributed by atoms with Crippen LogP contribution in [0.1, 0.15) is 18.4 Å². The van der Waals surface area contributed by atoms with Crippen molar-refractivity contribution in [2.75, 3.05) is 25.6 Å². The van der Waals surface area contributed by atoms with Gasteiger partial charge in [0.05, 0.1) is 18.2 Å². The largest absolute Gasteiger partial charge is 0.495 e. The second-order valence-corrected chi connectivity index (χ2v) is 7.70. The van der Waals surface area contributed by atoms with E-state index in [1.54, 1.807) is 37.4 Å². The maximum atomic E-state index is 14.3. The van der Waals surface area contributed by atoms with Gasteiger partial charge in [-0.1, -0.05) is 29.3 Å². The van der Waals surface area contributed by atoms with Crippen LogP contribution in [0.3, 0.4) is 0 Å². The number of rotatable bonds is 6. The number of ether oxygens (including phenoxy) is 2. The average Bonchev–Trinajstić information content (AvgIpc) is 3.18. The van der Waals surface area contributed by atoms with Crippen LogP contribution in [-0.4, -0.2) is 36.4 Å². The minimum Gasteiger partial charge on any atom is -0.495 e. The third-order valence-electron chi connectivity index (χ3n) is 4.55. The molecular formula is C20H21Cl2FN2O2S. The van der Waals surface area contributed by atoms with Crippen molar-refractivity contribution in [2.45, 2.75) is 25.5 Å². The molecular weight excluding hydrogens is 422 g/mol. The Balaban J connectivity index is 1.80. The van der Waals surface area contributed by atoms with Gasteiger partial charge in [0.25, 0.3) is 0 Å². The highest BCUT2D eigenvalue weighted by atomic mass is 35.5. The third kappa shape index (κ3) is 5.26.